The molecule has 3 heterocycles. The van der Waals surface area contributed by atoms with E-state index < -0.39 is 11.6 Å². The van der Waals surface area contributed by atoms with Gasteiger partial charge in [-0.1, -0.05) is 24.6 Å². The Morgan fingerprint density at radius 2 is 1.87 bits per heavy atom. The lowest BCUT2D eigenvalue weighted by Gasteiger charge is -2.33. The number of amides is 1. The summed E-state index contributed by atoms with van der Waals surface area (Å²) in [6.45, 7) is 2.58. The first kappa shape index (κ1) is 19.5. The minimum atomic E-state index is -1.26. The maximum atomic E-state index is 13.0. The zero-order chi connectivity index (χ0) is 21.4. The molecular formula is C24H24N4O3. The van der Waals surface area contributed by atoms with Crippen molar-refractivity contribution in [2.45, 2.75) is 51.2 Å². The Balaban J connectivity index is 1.33. The van der Waals surface area contributed by atoms with E-state index in [1.165, 1.54) is 6.42 Å². The van der Waals surface area contributed by atoms with Crippen molar-refractivity contribution < 1.29 is 14.3 Å². The normalized spacial score (nSPS) is 20.2. The Kier molecular flexibility index (Phi) is 4.81. The summed E-state index contributed by atoms with van der Waals surface area (Å²) in [7, 11) is 0. The van der Waals surface area contributed by atoms with Gasteiger partial charge in [-0.3, -0.25) is 4.79 Å². The van der Waals surface area contributed by atoms with Crippen LogP contribution in [0, 0.1) is 0 Å². The maximum absolute atomic E-state index is 13.0. The van der Waals surface area contributed by atoms with Gasteiger partial charge in [0.1, 0.15) is 5.82 Å². The number of nitrogens with one attached hydrogen (secondary N) is 1. The molecular weight excluding hydrogens is 392 g/mol. The third kappa shape index (κ3) is 3.60. The van der Waals surface area contributed by atoms with Gasteiger partial charge in [0, 0.05) is 30.6 Å². The van der Waals surface area contributed by atoms with E-state index in [1.807, 2.05) is 36.4 Å². The van der Waals surface area contributed by atoms with Crippen molar-refractivity contribution in [1.82, 2.24) is 14.8 Å². The second-order valence-corrected chi connectivity index (χ2v) is 8.39. The summed E-state index contributed by atoms with van der Waals surface area (Å²) in [5, 5.41) is 11.6. The van der Waals surface area contributed by atoms with Gasteiger partial charge in [0.15, 0.2) is 11.4 Å². The average molecular weight is 416 g/mol. The highest BCUT2D eigenvalue weighted by Gasteiger charge is 2.42. The molecule has 1 N–H and O–H groups in total. The predicted octanol–water partition coefficient (Wildman–Crippen LogP) is 3.78. The van der Waals surface area contributed by atoms with Crippen molar-refractivity contribution in [2.24, 2.45) is 0 Å². The Morgan fingerprint density at radius 3 is 2.71 bits per heavy atom. The first-order valence-corrected chi connectivity index (χ1v) is 10.7. The summed E-state index contributed by atoms with van der Waals surface area (Å²) in [5.41, 5.74) is 1.68. The minimum Gasteiger partial charge on any atom is -0.445 e. The van der Waals surface area contributed by atoms with Crippen molar-refractivity contribution in [3.05, 3.63) is 65.5 Å². The SMILES string of the molecule is C[C@]1(C(=O)Nc2ccc(-c3nnc4n3CCCCC4)cc2)Cc2ccccc2C(=O)O1. The number of hydrogen-bond acceptors (Lipinski definition) is 5. The zero-order valence-electron chi connectivity index (χ0n) is 17.4. The highest BCUT2D eigenvalue weighted by atomic mass is 16.6. The summed E-state index contributed by atoms with van der Waals surface area (Å²) >= 11 is 0. The number of fused-ring (bicyclic) bond motifs is 2. The summed E-state index contributed by atoms with van der Waals surface area (Å²) in [6, 6.07) is 14.8. The number of nitrogens with zero attached hydrogens (tertiary/aromatic N) is 3. The summed E-state index contributed by atoms with van der Waals surface area (Å²) in [5.74, 6) is 1.08. The molecule has 3 aromatic rings. The molecule has 2 aliphatic heterocycles. The molecule has 1 aromatic heterocycles. The molecule has 1 amide bonds. The fourth-order valence-corrected chi connectivity index (χ4v) is 4.32. The summed E-state index contributed by atoms with van der Waals surface area (Å²) in [4.78, 5) is 25.3. The smallest absolute Gasteiger partial charge is 0.339 e. The van der Waals surface area contributed by atoms with E-state index in [0.717, 1.165) is 48.6 Å². The highest BCUT2D eigenvalue weighted by Crippen LogP contribution is 2.30. The number of carbonyl (C=O) groups is 2. The molecule has 0 aliphatic carbocycles. The van der Waals surface area contributed by atoms with Crippen LogP contribution in [0.4, 0.5) is 5.69 Å². The molecule has 0 fully saturated rings. The second kappa shape index (κ2) is 7.65. The lowest BCUT2D eigenvalue weighted by Crippen LogP contribution is -2.48. The quantitative estimate of drug-likeness (QED) is 0.657. The van der Waals surface area contributed by atoms with Crippen molar-refractivity contribution in [2.75, 3.05) is 5.32 Å². The molecule has 2 aliphatic rings. The zero-order valence-corrected chi connectivity index (χ0v) is 17.4. The molecule has 7 nitrogen and oxygen atoms in total. The third-order valence-electron chi connectivity index (χ3n) is 6.07. The fraction of sp³-hybridized carbons (Fsp3) is 0.333. The lowest BCUT2D eigenvalue weighted by atomic mass is 9.89. The van der Waals surface area contributed by atoms with Crippen LogP contribution in [0.1, 0.15) is 47.9 Å². The van der Waals surface area contributed by atoms with E-state index in [4.69, 9.17) is 4.74 Å². The Hall–Kier alpha value is -3.48. The number of aryl methyl sites for hydroxylation is 1. The van der Waals surface area contributed by atoms with Crippen LogP contribution in [-0.2, 0) is 28.9 Å². The van der Waals surface area contributed by atoms with E-state index in [2.05, 4.69) is 20.1 Å². The van der Waals surface area contributed by atoms with Gasteiger partial charge in [-0.15, -0.1) is 10.2 Å². The molecule has 0 radical (unpaired) electrons. The minimum absolute atomic E-state index is 0.338. The topological polar surface area (TPSA) is 86.1 Å². The van der Waals surface area contributed by atoms with Crippen LogP contribution >= 0.6 is 0 Å². The molecule has 158 valence electrons. The molecule has 31 heavy (non-hydrogen) atoms. The van der Waals surface area contributed by atoms with Gasteiger partial charge in [-0.05, 0) is 55.7 Å². The average Bonchev–Trinajstić information content (AvgIpc) is 3.02. The number of esters is 1. The van der Waals surface area contributed by atoms with E-state index in [-0.39, 0.29) is 5.91 Å². The van der Waals surface area contributed by atoms with Gasteiger partial charge in [0.2, 0.25) is 0 Å². The number of ether oxygens (including phenoxy) is 1. The Bertz CT molecular complexity index is 1150. The number of aromatic nitrogens is 3. The standard InChI is InChI=1S/C24H24N4O3/c1-24(15-17-7-4-5-8-19(17)22(29)31-24)23(30)25-18-12-10-16(11-13-18)21-27-26-20-9-3-2-6-14-28(20)21/h4-5,7-8,10-13H,2-3,6,9,14-15H2,1H3,(H,25,30)/t24-/m1/s1. The molecule has 0 saturated heterocycles. The molecule has 0 spiro atoms. The lowest BCUT2D eigenvalue weighted by molar-refractivity contribution is -0.134. The van der Waals surface area contributed by atoms with Crippen molar-refractivity contribution in [3.63, 3.8) is 0 Å². The molecule has 2 aromatic carbocycles. The van der Waals surface area contributed by atoms with Crippen LogP contribution in [0.3, 0.4) is 0 Å². The third-order valence-corrected chi connectivity index (χ3v) is 6.07. The van der Waals surface area contributed by atoms with Gasteiger partial charge in [0.05, 0.1) is 5.56 Å². The first-order chi connectivity index (χ1) is 15.0. The van der Waals surface area contributed by atoms with Gasteiger partial charge in [0.25, 0.3) is 5.91 Å². The molecule has 0 saturated carbocycles. The predicted molar refractivity (Wildman–Crippen MR) is 116 cm³/mol. The molecule has 7 heteroatoms. The van der Waals surface area contributed by atoms with Crippen molar-refractivity contribution in [1.29, 1.82) is 0 Å². The first-order valence-electron chi connectivity index (χ1n) is 10.7. The molecule has 0 unspecified atom stereocenters. The number of hydrogen-bond donors (Lipinski definition) is 1. The van der Waals surface area contributed by atoms with E-state index in [9.17, 15) is 9.59 Å². The fourth-order valence-electron chi connectivity index (χ4n) is 4.32. The van der Waals surface area contributed by atoms with E-state index in [0.29, 0.717) is 17.7 Å². The van der Waals surface area contributed by atoms with Gasteiger partial charge in [-0.2, -0.15) is 0 Å². The number of carbonyl (C=O) groups excluding carboxylic acids is 2. The van der Waals surface area contributed by atoms with Crippen molar-refractivity contribution in [3.8, 4) is 11.4 Å². The number of rotatable bonds is 3. The number of cyclic esters (lactones) is 1. The Morgan fingerprint density at radius 1 is 1.06 bits per heavy atom. The summed E-state index contributed by atoms with van der Waals surface area (Å²) in [6.07, 6.45) is 4.79. The van der Waals surface area contributed by atoms with Crippen LogP contribution in [-0.4, -0.2) is 32.2 Å². The van der Waals surface area contributed by atoms with Gasteiger partial charge < -0.3 is 14.6 Å². The van der Waals surface area contributed by atoms with Crippen LogP contribution in [0.2, 0.25) is 0 Å². The van der Waals surface area contributed by atoms with Crippen LogP contribution in [0.25, 0.3) is 11.4 Å². The monoisotopic (exact) mass is 416 g/mol. The van der Waals surface area contributed by atoms with E-state index in [1.54, 1.807) is 19.1 Å². The van der Waals surface area contributed by atoms with Crippen molar-refractivity contribution >= 4 is 17.6 Å². The summed E-state index contributed by atoms with van der Waals surface area (Å²) < 4.78 is 7.71. The highest BCUT2D eigenvalue weighted by molar-refractivity contribution is 6.02. The Labute approximate surface area is 180 Å². The molecule has 0 bridgehead atoms. The largest absolute Gasteiger partial charge is 0.445 e. The number of anilines is 1. The maximum Gasteiger partial charge on any atom is 0.339 e. The van der Waals surface area contributed by atoms with Crippen LogP contribution in [0.15, 0.2) is 48.5 Å². The molecule has 5 rings (SSSR count). The van der Waals surface area contributed by atoms with Gasteiger partial charge >= 0.3 is 5.97 Å². The number of benzene rings is 2. The second-order valence-electron chi connectivity index (χ2n) is 8.39. The van der Waals surface area contributed by atoms with Gasteiger partial charge in [-0.25, -0.2) is 4.79 Å². The van der Waals surface area contributed by atoms with Crippen LogP contribution < -0.4 is 5.32 Å². The van der Waals surface area contributed by atoms with E-state index >= 15 is 0 Å². The molecule has 1 atom stereocenters. The van der Waals surface area contributed by atoms with Crippen LogP contribution in [0.5, 0.6) is 0 Å².